The largest absolute Gasteiger partial charge is 0.384 e. The second-order valence-corrected chi connectivity index (χ2v) is 4.41. The van der Waals surface area contributed by atoms with E-state index < -0.39 is 0 Å². The van der Waals surface area contributed by atoms with Crippen LogP contribution in [0.5, 0.6) is 0 Å². The van der Waals surface area contributed by atoms with E-state index in [0.717, 1.165) is 21.8 Å². The zero-order valence-corrected chi connectivity index (χ0v) is 10.3. The average molecular weight is 236 g/mol. The summed E-state index contributed by atoms with van der Waals surface area (Å²) in [6.07, 6.45) is 0. The van der Waals surface area contributed by atoms with E-state index in [-0.39, 0.29) is 0 Å². The first kappa shape index (κ1) is 11.0. The van der Waals surface area contributed by atoms with Crippen molar-refractivity contribution in [2.24, 2.45) is 7.05 Å². The van der Waals surface area contributed by atoms with Crippen molar-refractivity contribution in [3.8, 4) is 11.3 Å². The summed E-state index contributed by atoms with van der Waals surface area (Å²) in [4.78, 5) is 0. The monoisotopic (exact) mass is 235 g/mol. The summed E-state index contributed by atoms with van der Waals surface area (Å²) in [5.41, 5.74) is 10.0. The summed E-state index contributed by atoms with van der Waals surface area (Å²) in [5, 5.41) is 5.08. The van der Waals surface area contributed by atoms with Crippen LogP contribution >= 0.6 is 11.6 Å². The Hall–Kier alpha value is -1.48. The zero-order chi connectivity index (χ0) is 11.9. The van der Waals surface area contributed by atoms with Crippen LogP contribution in [-0.2, 0) is 7.05 Å². The van der Waals surface area contributed by atoms with Gasteiger partial charge >= 0.3 is 0 Å². The van der Waals surface area contributed by atoms with Gasteiger partial charge in [0, 0.05) is 23.7 Å². The molecule has 4 heteroatoms. The normalized spacial score (nSPS) is 10.8. The molecule has 0 aliphatic carbocycles. The lowest BCUT2D eigenvalue weighted by atomic mass is 10.0. The highest BCUT2D eigenvalue weighted by molar-refractivity contribution is 6.31. The summed E-state index contributed by atoms with van der Waals surface area (Å²) in [5.74, 6) is 0.645. The molecule has 0 aliphatic rings. The molecule has 2 rings (SSSR count). The molecule has 1 aromatic heterocycles. The molecule has 0 atom stereocenters. The molecular weight excluding hydrogens is 222 g/mol. The van der Waals surface area contributed by atoms with Crippen LogP contribution in [0.25, 0.3) is 11.3 Å². The molecule has 0 bridgehead atoms. The first-order valence-corrected chi connectivity index (χ1v) is 5.43. The fourth-order valence-electron chi connectivity index (χ4n) is 1.69. The Morgan fingerprint density at radius 1 is 1.25 bits per heavy atom. The van der Waals surface area contributed by atoms with Crippen molar-refractivity contribution in [1.29, 1.82) is 0 Å². The van der Waals surface area contributed by atoms with Crippen molar-refractivity contribution in [3.05, 3.63) is 34.3 Å². The number of rotatable bonds is 1. The molecule has 0 aliphatic heterocycles. The third kappa shape index (κ3) is 1.78. The number of hydrogen-bond donors (Lipinski definition) is 1. The smallest absolute Gasteiger partial charge is 0.121 e. The van der Waals surface area contributed by atoms with Crippen molar-refractivity contribution in [2.75, 3.05) is 5.73 Å². The summed E-state index contributed by atoms with van der Waals surface area (Å²) < 4.78 is 1.66. The van der Waals surface area contributed by atoms with E-state index in [0.29, 0.717) is 5.82 Å². The van der Waals surface area contributed by atoms with Crippen LogP contribution in [0.3, 0.4) is 0 Å². The van der Waals surface area contributed by atoms with Gasteiger partial charge in [-0.2, -0.15) is 5.10 Å². The summed E-state index contributed by atoms with van der Waals surface area (Å²) in [6, 6.07) is 5.73. The van der Waals surface area contributed by atoms with E-state index in [1.54, 1.807) is 4.68 Å². The Morgan fingerprint density at radius 3 is 2.50 bits per heavy atom. The minimum Gasteiger partial charge on any atom is -0.384 e. The fourth-order valence-corrected chi connectivity index (χ4v) is 1.97. The number of nitrogens with two attached hydrogens (primary N) is 1. The quantitative estimate of drug-likeness (QED) is 0.826. The van der Waals surface area contributed by atoms with Gasteiger partial charge in [-0.05, 0) is 37.1 Å². The van der Waals surface area contributed by atoms with Crippen LogP contribution in [-0.4, -0.2) is 9.78 Å². The van der Waals surface area contributed by atoms with Gasteiger partial charge in [0.25, 0.3) is 0 Å². The fraction of sp³-hybridized carbons (Fsp3) is 0.250. The summed E-state index contributed by atoms with van der Waals surface area (Å²) >= 11 is 6.05. The van der Waals surface area contributed by atoms with E-state index in [4.69, 9.17) is 17.3 Å². The molecule has 0 saturated carbocycles. The highest BCUT2D eigenvalue weighted by Gasteiger charge is 2.10. The second-order valence-electron chi connectivity index (χ2n) is 3.97. The minimum atomic E-state index is 0.645. The Bertz CT molecular complexity index is 524. The van der Waals surface area contributed by atoms with Crippen molar-refractivity contribution < 1.29 is 0 Å². The molecule has 84 valence electrons. The standard InChI is InChI=1S/C12H14ClN3/c1-7-4-9(13)5-10(8(7)2)11-6-12(14)16(3)15-11/h4-6H,14H2,1-3H3. The minimum absolute atomic E-state index is 0.645. The van der Waals surface area contributed by atoms with Gasteiger partial charge in [0.05, 0.1) is 5.69 Å². The first-order valence-electron chi connectivity index (χ1n) is 5.05. The number of anilines is 1. The summed E-state index contributed by atoms with van der Waals surface area (Å²) in [6.45, 7) is 4.10. The van der Waals surface area contributed by atoms with E-state index >= 15 is 0 Å². The van der Waals surface area contributed by atoms with Gasteiger partial charge in [0.1, 0.15) is 5.82 Å². The maximum Gasteiger partial charge on any atom is 0.121 e. The zero-order valence-electron chi connectivity index (χ0n) is 9.58. The van der Waals surface area contributed by atoms with Gasteiger partial charge < -0.3 is 5.73 Å². The number of nitrogen functional groups attached to an aromatic ring is 1. The molecule has 0 saturated heterocycles. The van der Waals surface area contributed by atoms with Crippen LogP contribution in [0.15, 0.2) is 18.2 Å². The van der Waals surface area contributed by atoms with Crippen molar-refractivity contribution in [3.63, 3.8) is 0 Å². The van der Waals surface area contributed by atoms with E-state index in [1.165, 1.54) is 5.56 Å². The van der Waals surface area contributed by atoms with Gasteiger partial charge in [-0.15, -0.1) is 0 Å². The number of aromatic nitrogens is 2. The van der Waals surface area contributed by atoms with Crippen LogP contribution in [0, 0.1) is 13.8 Å². The number of hydrogen-bond acceptors (Lipinski definition) is 2. The van der Waals surface area contributed by atoms with Crippen LogP contribution < -0.4 is 5.73 Å². The molecule has 0 fully saturated rings. The third-order valence-corrected chi connectivity index (χ3v) is 3.04. The lowest BCUT2D eigenvalue weighted by Gasteiger charge is -2.07. The average Bonchev–Trinajstić information content (AvgIpc) is 2.53. The highest BCUT2D eigenvalue weighted by atomic mass is 35.5. The SMILES string of the molecule is Cc1cc(Cl)cc(-c2cc(N)n(C)n2)c1C. The van der Waals surface area contributed by atoms with E-state index in [9.17, 15) is 0 Å². The van der Waals surface area contributed by atoms with E-state index in [1.807, 2.05) is 32.2 Å². The molecule has 0 unspecified atom stereocenters. The molecular formula is C12H14ClN3. The van der Waals surface area contributed by atoms with Gasteiger partial charge in [-0.25, -0.2) is 0 Å². The van der Waals surface area contributed by atoms with Gasteiger partial charge in [-0.1, -0.05) is 11.6 Å². The lowest BCUT2D eigenvalue weighted by molar-refractivity contribution is 0.782. The molecule has 2 N–H and O–H groups in total. The van der Waals surface area contributed by atoms with Crippen molar-refractivity contribution in [2.45, 2.75) is 13.8 Å². The number of halogens is 1. The second kappa shape index (κ2) is 3.83. The van der Waals surface area contributed by atoms with E-state index in [2.05, 4.69) is 12.0 Å². The maximum absolute atomic E-state index is 6.05. The Kier molecular flexibility index (Phi) is 2.64. The van der Waals surface area contributed by atoms with Gasteiger partial charge in [0.2, 0.25) is 0 Å². The Labute approximate surface area is 99.8 Å². The molecule has 0 amide bonds. The molecule has 2 aromatic rings. The van der Waals surface area contributed by atoms with Crippen LogP contribution in [0.1, 0.15) is 11.1 Å². The predicted molar refractivity (Wildman–Crippen MR) is 67.5 cm³/mol. The van der Waals surface area contributed by atoms with Crippen LogP contribution in [0.4, 0.5) is 5.82 Å². The predicted octanol–water partition coefficient (Wildman–Crippen LogP) is 2.94. The summed E-state index contributed by atoms with van der Waals surface area (Å²) in [7, 11) is 1.82. The number of benzene rings is 1. The van der Waals surface area contributed by atoms with Crippen molar-refractivity contribution >= 4 is 17.4 Å². The molecule has 0 spiro atoms. The topological polar surface area (TPSA) is 43.8 Å². The Balaban J connectivity index is 2.63. The van der Waals surface area contributed by atoms with Gasteiger partial charge in [0.15, 0.2) is 0 Å². The van der Waals surface area contributed by atoms with Crippen LogP contribution in [0.2, 0.25) is 5.02 Å². The molecule has 1 heterocycles. The number of nitrogens with zero attached hydrogens (tertiary/aromatic N) is 2. The molecule has 16 heavy (non-hydrogen) atoms. The first-order chi connectivity index (χ1) is 7.49. The van der Waals surface area contributed by atoms with Gasteiger partial charge in [-0.3, -0.25) is 4.68 Å². The highest BCUT2D eigenvalue weighted by Crippen LogP contribution is 2.29. The number of aryl methyl sites for hydroxylation is 2. The third-order valence-electron chi connectivity index (χ3n) is 2.82. The lowest BCUT2D eigenvalue weighted by Crippen LogP contribution is -1.96. The Morgan fingerprint density at radius 2 is 1.94 bits per heavy atom. The molecule has 1 aromatic carbocycles. The van der Waals surface area contributed by atoms with Crippen molar-refractivity contribution in [1.82, 2.24) is 9.78 Å². The molecule has 0 radical (unpaired) electrons. The maximum atomic E-state index is 6.05. The molecule has 3 nitrogen and oxygen atoms in total.